The van der Waals surface area contributed by atoms with E-state index in [-0.39, 0.29) is 11.9 Å². The maximum absolute atomic E-state index is 12.5. The number of aromatic nitrogens is 1. The van der Waals surface area contributed by atoms with Crippen LogP contribution in [0.1, 0.15) is 25.8 Å². The lowest BCUT2D eigenvalue weighted by Crippen LogP contribution is -2.45. The third kappa shape index (κ3) is 3.94. The summed E-state index contributed by atoms with van der Waals surface area (Å²) < 4.78 is 10.6. The lowest BCUT2D eigenvalue weighted by Gasteiger charge is -2.23. The molecule has 1 amide bonds. The highest BCUT2D eigenvalue weighted by atomic mass is 16.5. The molecule has 1 aromatic carbocycles. The largest absolute Gasteiger partial charge is 0.443 e. The van der Waals surface area contributed by atoms with Gasteiger partial charge in [0.05, 0.1) is 12.6 Å². The highest BCUT2D eigenvalue weighted by molar-refractivity contribution is 6.13. The first-order valence-corrected chi connectivity index (χ1v) is 8.65. The Balaban J connectivity index is 1.82. The third-order valence-corrected chi connectivity index (χ3v) is 4.18. The molecule has 1 aliphatic heterocycles. The van der Waals surface area contributed by atoms with Gasteiger partial charge in [0.15, 0.2) is 12.0 Å². The zero-order valence-electron chi connectivity index (χ0n) is 15.5. The summed E-state index contributed by atoms with van der Waals surface area (Å²) in [6, 6.07) is 5.68. The minimum Gasteiger partial charge on any atom is -0.443 e. The second-order valence-corrected chi connectivity index (χ2v) is 6.83. The fraction of sp³-hybridized carbons (Fsp3) is 0.421. The molecule has 2 aromatic rings. The van der Waals surface area contributed by atoms with Crippen LogP contribution in [0.4, 0.5) is 0 Å². The average Bonchev–Trinajstić information content (AvgIpc) is 3.15. The summed E-state index contributed by atoms with van der Waals surface area (Å²) in [6.45, 7) is 4.86. The van der Waals surface area contributed by atoms with E-state index in [9.17, 15) is 4.79 Å². The second-order valence-electron chi connectivity index (χ2n) is 6.83. The van der Waals surface area contributed by atoms with Gasteiger partial charge in [0.2, 0.25) is 5.96 Å². The summed E-state index contributed by atoms with van der Waals surface area (Å²) in [5.74, 6) is 0.907. The Morgan fingerprint density at radius 3 is 2.92 bits per heavy atom. The number of nitrogens with one attached hydrogen (secondary N) is 1. The first-order valence-electron chi connectivity index (χ1n) is 8.65. The minimum atomic E-state index is -0.147. The number of rotatable bonds is 6. The number of carbonyl (C=O) groups excluding carboxylic acids is 1. The zero-order valence-corrected chi connectivity index (χ0v) is 15.5. The molecule has 1 N–H and O–H groups in total. The van der Waals surface area contributed by atoms with Crippen molar-refractivity contribution in [3.8, 4) is 0 Å². The molecular formula is C19H24N4O3. The van der Waals surface area contributed by atoms with Crippen molar-refractivity contribution in [1.29, 1.82) is 0 Å². The number of likely N-dealkylation sites (N-methyl/N-ethyl adjacent to an activating group) is 1. The second kappa shape index (κ2) is 7.70. The average molecular weight is 356 g/mol. The topological polar surface area (TPSA) is 80.0 Å². The van der Waals surface area contributed by atoms with Crippen molar-refractivity contribution < 1.29 is 13.9 Å². The molecule has 0 aliphatic carbocycles. The van der Waals surface area contributed by atoms with Crippen molar-refractivity contribution in [2.24, 2.45) is 10.9 Å². The van der Waals surface area contributed by atoms with Gasteiger partial charge in [-0.15, -0.1) is 0 Å². The standard InChI is InChI=1S/C19H24N4O3/c1-12(2)7-14(10-25-4)21-19-22-16(18(24)23(19)3)8-13-5-6-15-17(9-13)26-11-20-15/h5-6,8-9,11-12,14H,7,10H2,1-4H3,(H,21,22)/b16-8-. The summed E-state index contributed by atoms with van der Waals surface area (Å²) in [5, 5.41) is 3.33. The van der Waals surface area contributed by atoms with Crippen molar-refractivity contribution in [2.75, 3.05) is 20.8 Å². The fourth-order valence-corrected chi connectivity index (χ4v) is 2.97. The summed E-state index contributed by atoms with van der Waals surface area (Å²) in [6.07, 6.45) is 4.08. The number of fused-ring (bicyclic) bond motifs is 1. The van der Waals surface area contributed by atoms with Crippen LogP contribution in [-0.4, -0.2) is 48.6 Å². The molecule has 2 heterocycles. The molecule has 0 saturated carbocycles. The predicted octanol–water partition coefficient (Wildman–Crippen LogP) is 2.65. The van der Waals surface area contributed by atoms with E-state index >= 15 is 0 Å². The molecule has 1 atom stereocenters. The summed E-state index contributed by atoms with van der Waals surface area (Å²) in [5.41, 5.74) is 2.68. The highest BCUT2D eigenvalue weighted by Crippen LogP contribution is 2.20. The molecule has 1 aromatic heterocycles. The number of guanidine groups is 1. The number of hydrogen-bond donors (Lipinski definition) is 1. The summed E-state index contributed by atoms with van der Waals surface area (Å²) >= 11 is 0. The Morgan fingerprint density at radius 2 is 2.19 bits per heavy atom. The number of carbonyl (C=O) groups is 1. The Morgan fingerprint density at radius 1 is 1.38 bits per heavy atom. The number of oxazole rings is 1. The van der Waals surface area contributed by atoms with Crippen LogP contribution >= 0.6 is 0 Å². The number of amides is 1. The molecule has 7 heteroatoms. The smallest absolute Gasteiger partial charge is 0.279 e. The van der Waals surface area contributed by atoms with Crippen LogP contribution in [0.2, 0.25) is 0 Å². The van der Waals surface area contributed by atoms with Crippen LogP contribution in [-0.2, 0) is 9.53 Å². The molecule has 0 bridgehead atoms. The Labute approximate surface area is 152 Å². The van der Waals surface area contributed by atoms with Crippen LogP contribution in [0, 0.1) is 5.92 Å². The molecule has 138 valence electrons. The number of aliphatic imine (C=N–C) groups is 1. The molecule has 0 saturated heterocycles. The van der Waals surface area contributed by atoms with Crippen molar-refractivity contribution in [3.63, 3.8) is 0 Å². The van der Waals surface area contributed by atoms with Gasteiger partial charge in [-0.3, -0.25) is 9.69 Å². The SMILES string of the molecule is COCC(CC(C)C)NC1=N/C(=C\c2ccc3ncoc3c2)C(=O)N1C. The minimum absolute atomic E-state index is 0.0962. The van der Waals surface area contributed by atoms with Crippen LogP contribution in [0.5, 0.6) is 0 Å². The third-order valence-electron chi connectivity index (χ3n) is 4.18. The monoisotopic (exact) mass is 356 g/mol. The number of hydrogen-bond acceptors (Lipinski definition) is 6. The molecule has 0 fully saturated rings. The van der Waals surface area contributed by atoms with E-state index in [1.165, 1.54) is 11.3 Å². The van der Waals surface area contributed by atoms with Crippen LogP contribution in [0.3, 0.4) is 0 Å². The fourth-order valence-electron chi connectivity index (χ4n) is 2.97. The summed E-state index contributed by atoms with van der Waals surface area (Å²) in [4.78, 5) is 22.6. The van der Waals surface area contributed by atoms with Gasteiger partial charge in [0.25, 0.3) is 5.91 Å². The van der Waals surface area contributed by atoms with Crippen molar-refractivity contribution in [1.82, 2.24) is 15.2 Å². The Kier molecular flexibility index (Phi) is 5.37. The lowest BCUT2D eigenvalue weighted by molar-refractivity contribution is -0.121. The Bertz CT molecular complexity index is 853. The maximum atomic E-state index is 12.5. The first kappa shape index (κ1) is 18.1. The van der Waals surface area contributed by atoms with Crippen LogP contribution in [0.25, 0.3) is 17.2 Å². The Hall–Kier alpha value is -2.67. The van der Waals surface area contributed by atoms with Gasteiger partial charge in [-0.2, -0.15) is 0 Å². The van der Waals surface area contributed by atoms with Gasteiger partial charge in [-0.1, -0.05) is 19.9 Å². The van der Waals surface area contributed by atoms with Gasteiger partial charge >= 0.3 is 0 Å². The molecule has 1 unspecified atom stereocenters. The van der Waals surface area contributed by atoms with Gasteiger partial charge in [-0.25, -0.2) is 9.98 Å². The molecular weight excluding hydrogens is 332 g/mol. The molecule has 1 aliphatic rings. The van der Waals surface area contributed by atoms with Crippen molar-refractivity contribution in [3.05, 3.63) is 35.9 Å². The van der Waals surface area contributed by atoms with E-state index < -0.39 is 0 Å². The van der Waals surface area contributed by atoms with E-state index in [1.807, 2.05) is 18.2 Å². The van der Waals surface area contributed by atoms with E-state index in [0.717, 1.165) is 17.5 Å². The maximum Gasteiger partial charge on any atom is 0.279 e. The quantitative estimate of drug-likeness (QED) is 0.805. The van der Waals surface area contributed by atoms with E-state index in [4.69, 9.17) is 9.15 Å². The van der Waals surface area contributed by atoms with Crippen LogP contribution in [0.15, 0.2) is 39.7 Å². The van der Waals surface area contributed by atoms with Gasteiger partial charge in [0, 0.05) is 14.2 Å². The molecule has 0 spiro atoms. The predicted molar refractivity (Wildman–Crippen MR) is 100 cm³/mol. The van der Waals surface area contributed by atoms with E-state index in [0.29, 0.717) is 29.8 Å². The normalized spacial score (nSPS) is 17.4. The van der Waals surface area contributed by atoms with Gasteiger partial charge in [-0.05, 0) is 36.1 Å². The van der Waals surface area contributed by atoms with E-state index in [1.54, 1.807) is 20.2 Å². The van der Waals surface area contributed by atoms with Crippen LogP contribution < -0.4 is 5.32 Å². The molecule has 7 nitrogen and oxygen atoms in total. The van der Waals surface area contributed by atoms with E-state index in [2.05, 4.69) is 29.1 Å². The number of benzene rings is 1. The number of ether oxygens (including phenoxy) is 1. The first-order chi connectivity index (χ1) is 12.5. The lowest BCUT2D eigenvalue weighted by atomic mass is 10.0. The molecule has 26 heavy (non-hydrogen) atoms. The highest BCUT2D eigenvalue weighted by Gasteiger charge is 2.28. The zero-order chi connectivity index (χ0) is 18.7. The summed E-state index contributed by atoms with van der Waals surface area (Å²) in [7, 11) is 3.39. The van der Waals surface area contributed by atoms with Gasteiger partial charge < -0.3 is 14.5 Å². The molecule has 0 radical (unpaired) electrons. The molecule has 3 rings (SSSR count). The van der Waals surface area contributed by atoms with Crippen molar-refractivity contribution >= 4 is 29.0 Å². The van der Waals surface area contributed by atoms with Gasteiger partial charge in [0.1, 0.15) is 11.2 Å². The van der Waals surface area contributed by atoms with Crippen molar-refractivity contribution in [2.45, 2.75) is 26.3 Å². The number of methoxy groups -OCH3 is 1. The number of nitrogens with zero attached hydrogens (tertiary/aromatic N) is 3.